The van der Waals surface area contributed by atoms with Crippen molar-refractivity contribution in [1.29, 1.82) is 0 Å². The monoisotopic (exact) mass is 332 g/mol. The second-order valence-corrected chi connectivity index (χ2v) is 7.17. The van der Waals surface area contributed by atoms with Crippen LogP contribution in [0.2, 0.25) is 0 Å². The van der Waals surface area contributed by atoms with Gasteiger partial charge in [0.1, 0.15) is 5.56 Å². The molecule has 0 saturated carbocycles. The van der Waals surface area contributed by atoms with E-state index in [0.29, 0.717) is 4.96 Å². The van der Waals surface area contributed by atoms with Gasteiger partial charge in [-0.15, -0.1) is 11.3 Å². The summed E-state index contributed by atoms with van der Waals surface area (Å²) in [6.45, 7) is 5.73. The molecule has 23 heavy (non-hydrogen) atoms. The van der Waals surface area contributed by atoms with Crippen molar-refractivity contribution in [3.63, 3.8) is 0 Å². The van der Waals surface area contributed by atoms with Crippen LogP contribution in [0.25, 0.3) is 4.96 Å². The number of rotatable bonds is 3. The number of carbonyl (C=O) groups excluding carboxylic acids is 1. The highest BCUT2D eigenvalue weighted by Crippen LogP contribution is 2.15. The van der Waals surface area contributed by atoms with Gasteiger partial charge in [0.15, 0.2) is 4.96 Å². The van der Waals surface area contributed by atoms with Crippen LogP contribution >= 0.6 is 11.3 Å². The van der Waals surface area contributed by atoms with E-state index in [2.05, 4.69) is 28.3 Å². The van der Waals surface area contributed by atoms with Crippen LogP contribution in [0, 0.1) is 6.92 Å². The van der Waals surface area contributed by atoms with E-state index in [1.807, 2.05) is 13.8 Å². The summed E-state index contributed by atoms with van der Waals surface area (Å²) in [4.78, 5) is 32.9. The highest BCUT2D eigenvalue weighted by atomic mass is 32.1. The Balaban J connectivity index is 1.81. The van der Waals surface area contributed by atoms with Crippen LogP contribution in [0.15, 0.2) is 28.8 Å². The minimum atomic E-state index is -0.368. The average Bonchev–Trinajstić information content (AvgIpc) is 2.89. The van der Waals surface area contributed by atoms with E-state index < -0.39 is 0 Å². The van der Waals surface area contributed by atoms with Crippen molar-refractivity contribution in [2.75, 3.05) is 20.1 Å². The molecule has 0 spiro atoms. The second kappa shape index (κ2) is 6.25. The van der Waals surface area contributed by atoms with Gasteiger partial charge in [0, 0.05) is 36.4 Å². The molecular formula is C16H20N4O2S. The van der Waals surface area contributed by atoms with Crippen LogP contribution in [-0.4, -0.2) is 46.4 Å². The van der Waals surface area contributed by atoms with Crippen molar-refractivity contribution >= 4 is 22.2 Å². The Labute approximate surface area is 138 Å². The normalized spacial score (nSPS) is 17.1. The lowest BCUT2D eigenvalue weighted by atomic mass is 10.0. The number of nitrogens with zero attached hydrogens (tertiary/aromatic N) is 3. The van der Waals surface area contributed by atoms with Crippen molar-refractivity contribution < 1.29 is 4.79 Å². The predicted octanol–water partition coefficient (Wildman–Crippen LogP) is 1.44. The molecule has 1 aliphatic heterocycles. The molecule has 0 fully saturated rings. The fraction of sp³-hybridized carbons (Fsp3) is 0.438. The van der Waals surface area contributed by atoms with Crippen molar-refractivity contribution in [3.8, 4) is 0 Å². The highest BCUT2D eigenvalue weighted by molar-refractivity contribution is 7.16. The van der Waals surface area contributed by atoms with Gasteiger partial charge >= 0.3 is 0 Å². The van der Waals surface area contributed by atoms with Crippen molar-refractivity contribution in [1.82, 2.24) is 19.6 Å². The van der Waals surface area contributed by atoms with E-state index in [0.717, 1.165) is 24.4 Å². The van der Waals surface area contributed by atoms with Crippen LogP contribution in [0.1, 0.15) is 28.6 Å². The van der Waals surface area contributed by atoms with Crippen molar-refractivity contribution in [3.05, 3.63) is 44.8 Å². The number of aromatic nitrogens is 2. The first kappa shape index (κ1) is 15.9. The number of thiazole rings is 1. The smallest absolute Gasteiger partial charge is 0.271 e. The zero-order valence-corrected chi connectivity index (χ0v) is 14.3. The standard InChI is InChI=1S/C16H20N4O2S/c1-10-9-20-15(22)13(8-17-16(20)23-10)14(21)18-11(2)12-4-6-19(3)7-5-12/h4,8-9,11H,5-7H2,1-3H3,(H,18,21). The maximum atomic E-state index is 12.4. The summed E-state index contributed by atoms with van der Waals surface area (Å²) in [6, 6.07) is -0.0829. The summed E-state index contributed by atoms with van der Waals surface area (Å²) in [5.74, 6) is -0.368. The van der Waals surface area contributed by atoms with E-state index in [9.17, 15) is 9.59 Å². The third-order valence-electron chi connectivity index (χ3n) is 4.12. The molecule has 122 valence electrons. The highest BCUT2D eigenvalue weighted by Gasteiger charge is 2.19. The summed E-state index contributed by atoms with van der Waals surface area (Å²) >= 11 is 1.43. The molecule has 1 amide bonds. The summed E-state index contributed by atoms with van der Waals surface area (Å²) < 4.78 is 1.44. The van der Waals surface area contributed by atoms with Gasteiger partial charge in [0.25, 0.3) is 11.5 Å². The van der Waals surface area contributed by atoms with Gasteiger partial charge in [-0.2, -0.15) is 0 Å². The summed E-state index contributed by atoms with van der Waals surface area (Å²) in [5, 5.41) is 2.92. The first-order valence-electron chi connectivity index (χ1n) is 7.62. The minimum absolute atomic E-state index is 0.0829. The molecule has 1 atom stereocenters. The maximum absolute atomic E-state index is 12.4. The number of hydrogen-bond acceptors (Lipinski definition) is 5. The lowest BCUT2D eigenvalue weighted by molar-refractivity contribution is 0.0942. The number of amides is 1. The molecule has 1 unspecified atom stereocenters. The number of likely N-dealkylation sites (N-methyl/N-ethyl adjacent to an activating group) is 1. The Morgan fingerprint density at radius 2 is 2.26 bits per heavy atom. The quantitative estimate of drug-likeness (QED) is 0.864. The maximum Gasteiger partial charge on any atom is 0.271 e. The molecule has 0 aliphatic carbocycles. The van der Waals surface area contributed by atoms with Crippen LogP contribution in [-0.2, 0) is 0 Å². The number of aryl methyl sites for hydroxylation is 1. The topological polar surface area (TPSA) is 66.7 Å². The van der Waals surface area contributed by atoms with Crippen LogP contribution in [0.5, 0.6) is 0 Å². The fourth-order valence-electron chi connectivity index (χ4n) is 2.70. The van der Waals surface area contributed by atoms with E-state index in [1.165, 1.54) is 27.5 Å². The number of fused-ring (bicyclic) bond motifs is 1. The van der Waals surface area contributed by atoms with E-state index in [-0.39, 0.29) is 23.1 Å². The van der Waals surface area contributed by atoms with Gasteiger partial charge in [-0.25, -0.2) is 4.98 Å². The molecule has 1 N–H and O–H groups in total. The molecule has 0 radical (unpaired) electrons. The Hall–Kier alpha value is -1.99. The van der Waals surface area contributed by atoms with Crippen molar-refractivity contribution in [2.45, 2.75) is 26.3 Å². The summed E-state index contributed by atoms with van der Waals surface area (Å²) in [6.07, 6.45) is 6.16. The zero-order valence-electron chi connectivity index (χ0n) is 13.5. The number of carbonyl (C=O) groups is 1. The largest absolute Gasteiger partial charge is 0.346 e. The molecule has 7 heteroatoms. The van der Waals surface area contributed by atoms with Gasteiger partial charge in [0.05, 0.1) is 0 Å². The second-order valence-electron chi connectivity index (χ2n) is 5.96. The Morgan fingerprint density at radius 1 is 1.48 bits per heavy atom. The molecule has 0 bridgehead atoms. The molecule has 6 nitrogen and oxygen atoms in total. The van der Waals surface area contributed by atoms with E-state index in [4.69, 9.17) is 0 Å². The molecule has 0 saturated heterocycles. The molecule has 3 heterocycles. The molecule has 2 aromatic heterocycles. The predicted molar refractivity (Wildman–Crippen MR) is 91.2 cm³/mol. The lowest BCUT2D eigenvalue weighted by Crippen LogP contribution is -2.39. The Kier molecular flexibility index (Phi) is 4.32. The van der Waals surface area contributed by atoms with Crippen LogP contribution in [0.4, 0.5) is 0 Å². The van der Waals surface area contributed by atoms with Gasteiger partial charge < -0.3 is 10.2 Å². The van der Waals surface area contributed by atoms with E-state index in [1.54, 1.807) is 6.20 Å². The molecule has 1 aliphatic rings. The molecular weight excluding hydrogens is 312 g/mol. The summed E-state index contributed by atoms with van der Waals surface area (Å²) in [7, 11) is 2.07. The first-order chi connectivity index (χ1) is 11.0. The van der Waals surface area contributed by atoms with Gasteiger partial charge in [0.2, 0.25) is 0 Å². The minimum Gasteiger partial charge on any atom is -0.346 e. The fourth-order valence-corrected chi connectivity index (χ4v) is 3.48. The summed E-state index contributed by atoms with van der Waals surface area (Å²) in [5.41, 5.74) is 0.971. The van der Waals surface area contributed by atoms with Crippen LogP contribution in [0.3, 0.4) is 0 Å². The first-order valence-corrected chi connectivity index (χ1v) is 8.43. The van der Waals surface area contributed by atoms with Gasteiger partial charge in [-0.3, -0.25) is 14.0 Å². The average molecular weight is 332 g/mol. The third-order valence-corrected chi connectivity index (χ3v) is 5.03. The third kappa shape index (κ3) is 3.20. The van der Waals surface area contributed by atoms with Gasteiger partial charge in [-0.1, -0.05) is 6.08 Å². The van der Waals surface area contributed by atoms with Crippen molar-refractivity contribution in [2.24, 2.45) is 0 Å². The Morgan fingerprint density at radius 3 is 2.96 bits per heavy atom. The molecule has 0 aromatic carbocycles. The number of nitrogens with one attached hydrogen (secondary N) is 1. The van der Waals surface area contributed by atoms with Crippen LogP contribution < -0.4 is 10.9 Å². The molecule has 3 rings (SSSR count). The van der Waals surface area contributed by atoms with E-state index >= 15 is 0 Å². The SMILES string of the molecule is Cc1cn2c(=O)c(C(=O)NC(C)C3=CCN(C)CC3)cnc2s1. The molecule has 2 aromatic rings. The zero-order chi connectivity index (χ0) is 16.6. The Bertz CT molecular complexity index is 836. The lowest BCUT2D eigenvalue weighted by Gasteiger charge is -2.26. The number of hydrogen-bond donors (Lipinski definition) is 1. The van der Waals surface area contributed by atoms with Gasteiger partial charge in [-0.05, 0) is 32.9 Å².